The zero-order chi connectivity index (χ0) is 16.6. The van der Waals surface area contributed by atoms with Crippen molar-refractivity contribution in [3.05, 3.63) is 0 Å². The molecule has 2 atom stereocenters. The summed E-state index contributed by atoms with van der Waals surface area (Å²) in [6, 6.07) is 0. The third-order valence-corrected chi connectivity index (χ3v) is 3.08. The van der Waals surface area contributed by atoms with Crippen molar-refractivity contribution in [3.8, 4) is 0 Å². The van der Waals surface area contributed by atoms with Crippen LogP contribution in [0.5, 0.6) is 0 Å². The van der Waals surface area contributed by atoms with E-state index >= 15 is 0 Å². The summed E-state index contributed by atoms with van der Waals surface area (Å²) < 4.78 is 0. The van der Waals surface area contributed by atoms with E-state index in [2.05, 4.69) is 0 Å². The van der Waals surface area contributed by atoms with Gasteiger partial charge in [-0.1, -0.05) is 0 Å². The predicted molar refractivity (Wildman–Crippen MR) is 83.7 cm³/mol. The van der Waals surface area contributed by atoms with E-state index in [-0.39, 0.29) is 18.8 Å². The number of aliphatic hydroxyl groups excluding tert-OH is 3. The van der Waals surface area contributed by atoms with Crippen LogP contribution in [0.15, 0.2) is 0 Å². The van der Waals surface area contributed by atoms with Crippen LogP contribution in [0.3, 0.4) is 0 Å². The van der Waals surface area contributed by atoms with Crippen molar-refractivity contribution in [2.75, 3.05) is 47.9 Å². The van der Waals surface area contributed by atoms with Gasteiger partial charge in [-0.05, 0) is 55.4 Å². The largest absolute Gasteiger partial charge is 0.394 e. The quantitative estimate of drug-likeness (QED) is 0.497. The van der Waals surface area contributed by atoms with Crippen LogP contribution in [0.1, 0.15) is 27.2 Å². The highest BCUT2D eigenvalue weighted by atomic mass is 16.3. The molecule has 0 saturated heterocycles. The van der Waals surface area contributed by atoms with Crippen molar-refractivity contribution in [1.82, 2.24) is 9.80 Å². The maximum Gasteiger partial charge on any atom is 0.0685 e. The van der Waals surface area contributed by atoms with E-state index < -0.39 is 11.6 Å². The van der Waals surface area contributed by atoms with Gasteiger partial charge in [0.25, 0.3) is 0 Å². The zero-order valence-corrected chi connectivity index (χ0v) is 14.2. The zero-order valence-electron chi connectivity index (χ0n) is 14.2. The summed E-state index contributed by atoms with van der Waals surface area (Å²) in [7, 11) is 7.68. The van der Waals surface area contributed by atoms with Crippen LogP contribution in [0.25, 0.3) is 0 Å². The molecule has 6 heteroatoms. The van der Waals surface area contributed by atoms with Crippen molar-refractivity contribution in [3.63, 3.8) is 0 Å². The molecule has 6 nitrogen and oxygen atoms in total. The van der Waals surface area contributed by atoms with Crippen LogP contribution in [-0.4, -0.2) is 90.3 Å². The first-order valence-corrected chi connectivity index (χ1v) is 6.89. The van der Waals surface area contributed by atoms with E-state index in [0.717, 1.165) is 0 Å². The van der Waals surface area contributed by atoms with E-state index in [4.69, 9.17) is 10.8 Å². The van der Waals surface area contributed by atoms with Crippen LogP contribution >= 0.6 is 0 Å². The molecular formula is C14H35N3O3. The molecule has 0 rings (SSSR count). The molecule has 0 aromatic heterocycles. The van der Waals surface area contributed by atoms with Gasteiger partial charge in [-0.15, -0.1) is 0 Å². The molecule has 0 aliphatic rings. The highest BCUT2D eigenvalue weighted by Crippen LogP contribution is 2.18. The molecule has 0 aromatic carbocycles. The van der Waals surface area contributed by atoms with Crippen molar-refractivity contribution in [2.24, 2.45) is 5.73 Å². The second kappa shape index (κ2) is 9.65. The van der Waals surface area contributed by atoms with Gasteiger partial charge in [0, 0.05) is 17.6 Å². The number of nitrogens with zero attached hydrogens (tertiary/aromatic N) is 2. The summed E-state index contributed by atoms with van der Waals surface area (Å²) in [5, 5.41) is 27.3. The van der Waals surface area contributed by atoms with E-state index in [1.165, 1.54) is 0 Å². The number of aliphatic hydroxyl groups is 3. The summed E-state index contributed by atoms with van der Waals surface area (Å²) in [6.45, 7) is 6.23. The molecule has 0 aliphatic heterocycles. The molecule has 0 bridgehead atoms. The number of hydrogen-bond acceptors (Lipinski definition) is 6. The van der Waals surface area contributed by atoms with Gasteiger partial charge in [-0.2, -0.15) is 0 Å². The maximum atomic E-state index is 9.76. The lowest BCUT2D eigenvalue weighted by Crippen LogP contribution is -2.48. The van der Waals surface area contributed by atoms with Crippen LogP contribution in [0.4, 0.5) is 0 Å². The molecule has 0 saturated carbocycles. The van der Waals surface area contributed by atoms with Crippen molar-refractivity contribution >= 4 is 0 Å². The van der Waals surface area contributed by atoms with Gasteiger partial charge in [0.1, 0.15) is 0 Å². The van der Waals surface area contributed by atoms with Crippen LogP contribution < -0.4 is 5.73 Å². The predicted octanol–water partition coefficient (Wildman–Crippen LogP) is -0.672. The first-order valence-electron chi connectivity index (χ1n) is 6.89. The molecule has 0 aromatic rings. The van der Waals surface area contributed by atoms with Crippen molar-refractivity contribution in [2.45, 2.75) is 44.4 Å². The van der Waals surface area contributed by atoms with E-state index in [1.54, 1.807) is 13.8 Å². The lowest BCUT2D eigenvalue weighted by molar-refractivity contribution is 0.0207. The fourth-order valence-electron chi connectivity index (χ4n) is 1.38. The summed E-state index contributed by atoms with van der Waals surface area (Å²) in [4.78, 5) is 3.89. The Balaban J connectivity index is 0. The normalized spacial score (nSPS) is 16.6. The van der Waals surface area contributed by atoms with Crippen LogP contribution in [0, 0.1) is 0 Å². The first-order chi connectivity index (χ1) is 8.88. The molecule has 5 N–H and O–H groups in total. The SMILES string of the molecule is CC(C)(N)CO.CN(C)CC(O)CC(C)(CO)N(C)C. The van der Waals surface area contributed by atoms with Gasteiger partial charge < -0.3 is 30.9 Å². The van der Waals surface area contributed by atoms with E-state index in [9.17, 15) is 10.2 Å². The Labute approximate surface area is 124 Å². The number of nitrogens with two attached hydrogens (primary N) is 1. The molecule has 0 radical (unpaired) electrons. The van der Waals surface area contributed by atoms with Gasteiger partial charge in [0.15, 0.2) is 0 Å². The fourth-order valence-corrected chi connectivity index (χ4v) is 1.38. The van der Waals surface area contributed by atoms with Crippen LogP contribution in [0.2, 0.25) is 0 Å². The minimum atomic E-state index is -0.403. The number of likely N-dealkylation sites (N-methyl/N-ethyl adjacent to an activating group) is 2. The Morgan fingerprint density at radius 1 is 1.00 bits per heavy atom. The standard InChI is InChI=1S/C10H24N2O2.C4H11NO/c1-10(8-13,12(4)5)6-9(14)7-11(2)3;1-4(2,5)3-6/h9,13-14H,6-8H2,1-5H3;6H,3,5H2,1-2H3. The average molecular weight is 293 g/mol. The van der Waals surface area contributed by atoms with Crippen LogP contribution in [-0.2, 0) is 0 Å². The molecule has 20 heavy (non-hydrogen) atoms. The Hall–Kier alpha value is -0.240. The summed E-state index contributed by atoms with van der Waals surface area (Å²) in [6.07, 6.45) is 0.179. The Kier molecular flexibility index (Phi) is 10.6. The maximum absolute atomic E-state index is 9.76. The summed E-state index contributed by atoms with van der Waals surface area (Å²) in [5.74, 6) is 0. The number of hydrogen-bond donors (Lipinski definition) is 4. The van der Waals surface area contributed by atoms with Gasteiger partial charge in [0.2, 0.25) is 0 Å². The van der Waals surface area contributed by atoms with Crippen molar-refractivity contribution < 1.29 is 15.3 Å². The van der Waals surface area contributed by atoms with Crippen molar-refractivity contribution in [1.29, 1.82) is 0 Å². The fraction of sp³-hybridized carbons (Fsp3) is 1.00. The smallest absolute Gasteiger partial charge is 0.0685 e. The monoisotopic (exact) mass is 293 g/mol. The highest BCUT2D eigenvalue weighted by molar-refractivity contribution is 4.85. The second-order valence-corrected chi connectivity index (χ2v) is 6.82. The molecule has 0 amide bonds. The van der Waals surface area contributed by atoms with Gasteiger partial charge >= 0.3 is 0 Å². The lowest BCUT2D eigenvalue weighted by Gasteiger charge is -2.36. The Morgan fingerprint density at radius 3 is 1.60 bits per heavy atom. The minimum absolute atomic E-state index is 0.0486. The molecular weight excluding hydrogens is 258 g/mol. The molecule has 0 fully saturated rings. The molecule has 0 heterocycles. The molecule has 0 spiro atoms. The molecule has 124 valence electrons. The van der Waals surface area contributed by atoms with Gasteiger partial charge in [-0.25, -0.2) is 0 Å². The first kappa shape index (κ1) is 22.0. The Bertz CT molecular complexity index is 242. The average Bonchev–Trinajstić information content (AvgIpc) is 2.27. The highest BCUT2D eigenvalue weighted by Gasteiger charge is 2.29. The third-order valence-electron chi connectivity index (χ3n) is 3.08. The second-order valence-electron chi connectivity index (χ2n) is 6.82. The van der Waals surface area contributed by atoms with Gasteiger partial charge in [0.05, 0.1) is 19.3 Å². The summed E-state index contributed by atoms with van der Waals surface area (Å²) >= 11 is 0. The van der Waals surface area contributed by atoms with Gasteiger partial charge in [-0.3, -0.25) is 0 Å². The third kappa shape index (κ3) is 11.6. The summed E-state index contributed by atoms with van der Waals surface area (Å²) in [5.41, 5.74) is 4.54. The lowest BCUT2D eigenvalue weighted by atomic mass is 9.94. The number of rotatable bonds is 7. The topological polar surface area (TPSA) is 93.2 Å². The molecule has 2 unspecified atom stereocenters. The van der Waals surface area contributed by atoms with E-state index in [0.29, 0.717) is 13.0 Å². The minimum Gasteiger partial charge on any atom is -0.394 e. The molecule has 0 aliphatic carbocycles. The van der Waals surface area contributed by atoms with E-state index in [1.807, 2.05) is 44.9 Å². The Morgan fingerprint density at radius 2 is 1.40 bits per heavy atom.